The summed E-state index contributed by atoms with van der Waals surface area (Å²) in [5.74, 6) is 0.486. The number of rotatable bonds is 7. The van der Waals surface area contributed by atoms with Gasteiger partial charge in [0.15, 0.2) is 6.61 Å². The summed E-state index contributed by atoms with van der Waals surface area (Å²) in [5.41, 5.74) is 2.08. The van der Waals surface area contributed by atoms with E-state index in [0.29, 0.717) is 17.3 Å². The zero-order valence-corrected chi connectivity index (χ0v) is 19.9. The highest BCUT2D eigenvalue weighted by Gasteiger charge is 2.28. The highest BCUT2D eigenvalue weighted by molar-refractivity contribution is 6.30. The van der Waals surface area contributed by atoms with Crippen LogP contribution in [-0.2, 0) is 17.9 Å². The molecular weight excluding hydrogens is 443 g/mol. The Kier molecular flexibility index (Phi) is 8.20. The van der Waals surface area contributed by atoms with E-state index in [0.717, 1.165) is 63.5 Å². The van der Waals surface area contributed by atoms with E-state index in [1.54, 1.807) is 6.07 Å². The number of amides is 1. The van der Waals surface area contributed by atoms with Crippen LogP contribution in [-0.4, -0.2) is 79.1 Å². The van der Waals surface area contributed by atoms with Gasteiger partial charge in [0.25, 0.3) is 5.91 Å². The lowest BCUT2D eigenvalue weighted by molar-refractivity contribution is -0.138. The Balaban J connectivity index is 1.30. The second-order valence-electron chi connectivity index (χ2n) is 8.86. The quantitative estimate of drug-likeness (QED) is 0.668. The fourth-order valence-corrected chi connectivity index (χ4v) is 4.73. The van der Waals surface area contributed by atoms with E-state index in [9.17, 15) is 9.18 Å². The molecule has 1 amide bonds. The molecule has 1 atom stereocenters. The minimum Gasteiger partial charge on any atom is -0.483 e. The van der Waals surface area contributed by atoms with Crippen molar-refractivity contribution in [1.82, 2.24) is 20.0 Å². The number of hydrogen-bond donors (Lipinski definition) is 1. The summed E-state index contributed by atoms with van der Waals surface area (Å²) in [4.78, 5) is 19.5. The molecule has 2 aliphatic rings. The van der Waals surface area contributed by atoms with Crippen molar-refractivity contribution in [2.45, 2.75) is 26.1 Å². The third-order valence-corrected chi connectivity index (χ3v) is 6.56. The topological polar surface area (TPSA) is 48.1 Å². The molecule has 4 rings (SSSR count). The van der Waals surface area contributed by atoms with Gasteiger partial charge in [-0.25, -0.2) is 4.39 Å². The van der Waals surface area contributed by atoms with Gasteiger partial charge in [-0.3, -0.25) is 14.6 Å². The van der Waals surface area contributed by atoms with Crippen LogP contribution in [0, 0.1) is 5.82 Å². The first-order valence-corrected chi connectivity index (χ1v) is 12.0. The molecule has 0 aliphatic carbocycles. The number of piperazine rings is 2. The van der Waals surface area contributed by atoms with E-state index in [1.165, 1.54) is 12.1 Å². The Bertz CT molecular complexity index is 937. The van der Waals surface area contributed by atoms with E-state index in [1.807, 2.05) is 29.2 Å². The standard InChI is InChI=1S/C25H32ClFN4O2/c1-19-15-30(16-20-2-5-23(27)6-3-20)12-13-31(19)25(32)18-33-24-7-4-22(26)14-21(24)17-29-10-8-28-9-11-29/h2-7,14,19,28H,8-13,15-18H2,1H3/t19-/m1/s1. The maximum atomic E-state index is 13.1. The van der Waals surface area contributed by atoms with Crippen molar-refractivity contribution in [3.63, 3.8) is 0 Å². The third kappa shape index (κ3) is 6.67. The lowest BCUT2D eigenvalue weighted by Gasteiger charge is -2.40. The number of hydrogen-bond acceptors (Lipinski definition) is 5. The molecule has 2 aromatic rings. The highest BCUT2D eigenvalue weighted by Crippen LogP contribution is 2.25. The van der Waals surface area contributed by atoms with Crippen molar-refractivity contribution < 1.29 is 13.9 Å². The molecule has 2 aliphatic heterocycles. The van der Waals surface area contributed by atoms with Crippen LogP contribution in [0.4, 0.5) is 4.39 Å². The first kappa shape index (κ1) is 24.0. The number of halogens is 2. The summed E-state index contributed by atoms with van der Waals surface area (Å²) < 4.78 is 19.1. The van der Waals surface area contributed by atoms with Gasteiger partial charge in [0, 0.05) is 75.5 Å². The predicted molar refractivity (Wildman–Crippen MR) is 128 cm³/mol. The zero-order valence-electron chi connectivity index (χ0n) is 19.1. The van der Waals surface area contributed by atoms with E-state index >= 15 is 0 Å². The summed E-state index contributed by atoms with van der Waals surface area (Å²) in [6, 6.07) is 12.3. The van der Waals surface area contributed by atoms with Crippen molar-refractivity contribution in [1.29, 1.82) is 0 Å². The molecule has 0 aromatic heterocycles. The molecule has 2 saturated heterocycles. The molecule has 178 valence electrons. The van der Waals surface area contributed by atoms with Gasteiger partial charge >= 0.3 is 0 Å². The SMILES string of the molecule is C[C@@H]1CN(Cc2ccc(F)cc2)CCN1C(=O)COc1ccc(Cl)cc1CN1CCNCC1. The van der Waals surface area contributed by atoms with Gasteiger partial charge in [-0.2, -0.15) is 0 Å². The Labute approximate surface area is 200 Å². The van der Waals surface area contributed by atoms with E-state index in [4.69, 9.17) is 16.3 Å². The van der Waals surface area contributed by atoms with Crippen molar-refractivity contribution in [2.75, 3.05) is 52.4 Å². The maximum Gasteiger partial charge on any atom is 0.260 e. The summed E-state index contributed by atoms with van der Waals surface area (Å²) >= 11 is 6.23. The summed E-state index contributed by atoms with van der Waals surface area (Å²) in [7, 11) is 0. The van der Waals surface area contributed by atoms with Gasteiger partial charge in [-0.05, 0) is 42.8 Å². The molecule has 0 spiro atoms. The van der Waals surface area contributed by atoms with Gasteiger partial charge in [0.05, 0.1) is 0 Å². The summed E-state index contributed by atoms with van der Waals surface area (Å²) in [5, 5.41) is 4.03. The number of nitrogens with zero attached hydrogens (tertiary/aromatic N) is 3. The monoisotopic (exact) mass is 474 g/mol. The summed E-state index contributed by atoms with van der Waals surface area (Å²) in [6.07, 6.45) is 0. The predicted octanol–water partition coefficient (Wildman–Crippen LogP) is 3.00. The lowest BCUT2D eigenvalue weighted by Crippen LogP contribution is -2.54. The number of carbonyl (C=O) groups excluding carboxylic acids is 1. The highest BCUT2D eigenvalue weighted by atomic mass is 35.5. The van der Waals surface area contributed by atoms with Gasteiger partial charge in [-0.15, -0.1) is 0 Å². The number of carbonyl (C=O) groups is 1. The molecule has 0 radical (unpaired) electrons. The first-order valence-electron chi connectivity index (χ1n) is 11.6. The largest absolute Gasteiger partial charge is 0.483 e. The number of benzene rings is 2. The van der Waals surface area contributed by atoms with Gasteiger partial charge in [-0.1, -0.05) is 23.7 Å². The van der Waals surface area contributed by atoms with Crippen LogP contribution < -0.4 is 10.1 Å². The Hall–Kier alpha value is -2.19. The van der Waals surface area contributed by atoms with E-state index in [-0.39, 0.29) is 24.4 Å². The molecule has 2 heterocycles. The van der Waals surface area contributed by atoms with Crippen molar-refractivity contribution in [3.8, 4) is 5.75 Å². The molecule has 33 heavy (non-hydrogen) atoms. The second-order valence-corrected chi connectivity index (χ2v) is 9.30. The number of nitrogens with one attached hydrogen (secondary N) is 1. The molecule has 6 nitrogen and oxygen atoms in total. The zero-order chi connectivity index (χ0) is 23.2. The van der Waals surface area contributed by atoms with E-state index < -0.39 is 0 Å². The molecule has 2 fully saturated rings. The third-order valence-electron chi connectivity index (χ3n) is 6.33. The van der Waals surface area contributed by atoms with Crippen molar-refractivity contribution in [2.24, 2.45) is 0 Å². The number of ether oxygens (including phenoxy) is 1. The molecule has 8 heteroatoms. The van der Waals surface area contributed by atoms with Crippen LogP contribution in [0.1, 0.15) is 18.1 Å². The van der Waals surface area contributed by atoms with E-state index in [2.05, 4.69) is 22.0 Å². The Morgan fingerprint density at radius 2 is 1.82 bits per heavy atom. The van der Waals surface area contributed by atoms with Gasteiger partial charge < -0.3 is 15.0 Å². The van der Waals surface area contributed by atoms with Crippen molar-refractivity contribution in [3.05, 3.63) is 64.4 Å². The molecule has 2 aromatic carbocycles. The molecule has 0 saturated carbocycles. The Morgan fingerprint density at radius 3 is 2.55 bits per heavy atom. The first-order chi connectivity index (χ1) is 16.0. The van der Waals surface area contributed by atoms with Crippen LogP contribution >= 0.6 is 11.6 Å². The molecular formula is C25H32ClFN4O2. The minimum absolute atomic E-state index is 0.00740. The Morgan fingerprint density at radius 1 is 1.06 bits per heavy atom. The molecule has 1 N–H and O–H groups in total. The molecule has 0 unspecified atom stereocenters. The minimum atomic E-state index is -0.223. The van der Waals surface area contributed by atoms with Crippen LogP contribution in [0.5, 0.6) is 5.75 Å². The van der Waals surface area contributed by atoms with Crippen LogP contribution in [0.3, 0.4) is 0 Å². The maximum absolute atomic E-state index is 13.1. The summed E-state index contributed by atoms with van der Waals surface area (Å²) in [6.45, 7) is 9.69. The lowest BCUT2D eigenvalue weighted by atomic mass is 10.1. The fraction of sp³-hybridized carbons (Fsp3) is 0.480. The van der Waals surface area contributed by atoms with Gasteiger partial charge in [0.2, 0.25) is 0 Å². The normalized spacial score (nSPS) is 20.1. The van der Waals surface area contributed by atoms with Crippen LogP contribution in [0.2, 0.25) is 5.02 Å². The van der Waals surface area contributed by atoms with Gasteiger partial charge in [0.1, 0.15) is 11.6 Å². The second kappa shape index (κ2) is 11.3. The van der Waals surface area contributed by atoms with Crippen LogP contribution in [0.15, 0.2) is 42.5 Å². The average Bonchev–Trinajstić information content (AvgIpc) is 2.81. The van der Waals surface area contributed by atoms with Crippen molar-refractivity contribution >= 4 is 17.5 Å². The average molecular weight is 475 g/mol. The smallest absolute Gasteiger partial charge is 0.260 e. The van der Waals surface area contributed by atoms with Crippen LogP contribution in [0.25, 0.3) is 0 Å². The molecule has 0 bridgehead atoms. The fourth-order valence-electron chi connectivity index (χ4n) is 4.54.